The van der Waals surface area contributed by atoms with Crippen molar-refractivity contribution >= 4 is 71.4 Å². The van der Waals surface area contributed by atoms with E-state index in [2.05, 4.69) is 123 Å². The molecule has 0 unspecified atom stereocenters. The number of hydrogen-bond donors (Lipinski definition) is 0. The molecule has 4 heteroatoms. The standard InChI is InChI=1S/C40H40S4/c1-3-5-7-9-29-11-15-31(16-12-29)19-21-33-23-25-35-37(27-33)43-39(41-35)40-42-36-26-24-34(28-38(36)44-40)22-20-32-17-13-30(14-18-32)10-8-6-4-2/h11-28H,3-10H2,1-2H3. The topological polar surface area (TPSA) is 0 Å². The van der Waals surface area contributed by atoms with Crippen LogP contribution in [-0.2, 0) is 12.8 Å². The molecule has 2 aliphatic heterocycles. The minimum atomic E-state index is 1.18. The fourth-order valence-corrected chi connectivity index (χ4v) is 10.7. The lowest BCUT2D eigenvalue weighted by Crippen LogP contribution is -1.85. The monoisotopic (exact) mass is 648 g/mol. The first-order valence-electron chi connectivity index (χ1n) is 15.9. The Morgan fingerprint density at radius 1 is 0.409 bits per heavy atom. The van der Waals surface area contributed by atoms with Gasteiger partial charge in [-0.15, -0.1) is 0 Å². The van der Waals surface area contributed by atoms with E-state index < -0.39 is 0 Å². The molecule has 0 aromatic heterocycles. The van der Waals surface area contributed by atoms with Crippen LogP contribution in [-0.4, -0.2) is 0 Å². The third kappa shape index (κ3) is 8.40. The third-order valence-electron chi connectivity index (χ3n) is 7.95. The minimum Gasteiger partial charge on any atom is -0.0798 e. The summed E-state index contributed by atoms with van der Waals surface area (Å²) in [6.07, 6.45) is 19.1. The van der Waals surface area contributed by atoms with Gasteiger partial charge in [-0.1, -0.05) is 172 Å². The number of thioether (sulfide) groups is 4. The molecule has 0 nitrogen and oxygen atoms in total. The molecule has 224 valence electrons. The van der Waals surface area contributed by atoms with Gasteiger partial charge in [0.15, 0.2) is 0 Å². The van der Waals surface area contributed by atoms with E-state index in [4.69, 9.17) is 0 Å². The summed E-state index contributed by atoms with van der Waals surface area (Å²) in [5.41, 5.74) is 7.92. The minimum absolute atomic E-state index is 1.18. The maximum absolute atomic E-state index is 2.34. The van der Waals surface area contributed by atoms with E-state index >= 15 is 0 Å². The maximum Gasteiger partial charge on any atom is 0.0706 e. The van der Waals surface area contributed by atoms with Crippen molar-refractivity contribution < 1.29 is 0 Å². The lowest BCUT2D eigenvalue weighted by Gasteiger charge is -2.02. The van der Waals surface area contributed by atoms with Crippen LogP contribution in [0.15, 0.2) is 113 Å². The summed E-state index contributed by atoms with van der Waals surface area (Å²) in [6.45, 7) is 4.52. The van der Waals surface area contributed by atoms with E-state index in [0.29, 0.717) is 0 Å². The molecule has 0 N–H and O–H groups in total. The summed E-state index contributed by atoms with van der Waals surface area (Å²) in [5, 5.41) is 0. The second kappa shape index (κ2) is 15.7. The fraction of sp³-hybridized carbons (Fsp3) is 0.250. The molecule has 0 fully saturated rings. The Hall–Kier alpha value is -2.50. The molecule has 0 bridgehead atoms. The Morgan fingerprint density at radius 2 is 0.773 bits per heavy atom. The quantitative estimate of drug-likeness (QED) is 0.111. The Balaban J connectivity index is 1.06. The van der Waals surface area contributed by atoms with Gasteiger partial charge in [-0.3, -0.25) is 0 Å². The second-order valence-corrected chi connectivity index (χ2v) is 16.2. The molecule has 0 atom stereocenters. The van der Waals surface area contributed by atoms with Gasteiger partial charge in [0, 0.05) is 19.6 Å². The van der Waals surface area contributed by atoms with Gasteiger partial charge in [0.1, 0.15) is 0 Å². The van der Waals surface area contributed by atoms with Gasteiger partial charge in [-0.25, -0.2) is 0 Å². The smallest absolute Gasteiger partial charge is 0.0706 e. The van der Waals surface area contributed by atoms with Crippen molar-refractivity contribution in [3.8, 4) is 0 Å². The maximum atomic E-state index is 2.34. The van der Waals surface area contributed by atoms with Crippen molar-refractivity contribution in [2.75, 3.05) is 0 Å². The predicted octanol–water partition coefficient (Wildman–Crippen LogP) is 13.7. The molecule has 0 radical (unpaired) electrons. The van der Waals surface area contributed by atoms with E-state index in [1.165, 1.54) is 113 Å². The number of unbranched alkanes of at least 4 members (excludes halogenated alkanes) is 4. The fourth-order valence-electron chi connectivity index (χ4n) is 5.33. The van der Waals surface area contributed by atoms with Crippen LogP contribution in [0, 0.1) is 0 Å². The SMILES string of the molecule is CCCCCc1ccc(C=Cc2ccc3c(c2)SC(=C2Sc4ccc(C=Cc5ccc(CCCCC)cc5)cc4S2)S3)cc1. The molecule has 4 aromatic rings. The lowest BCUT2D eigenvalue weighted by molar-refractivity contribution is 0.717. The van der Waals surface area contributed by atoms with Crippen molar-refractivity contribution in [1.29, 1.82) is 0 Å². The normalized spacial score (nSPS) is 15.9. The van der Waals surface area contributed by atoms with E-state index in [1.807, 2.05) is 47.0 Å². The Morgan fingerprint density at radius 3 is 1.18 bits per heavy atom. The number of aryl methyl sites for hydroxylation is 2. The van der Waals surface area contributed by atoms with Gasteiger partial charge in [0.25, 0.3) is 0 Å². The Kier molecular flexibility index (Phi) is 11.2. The predicted molar refractivity (Wildman–Crippen MR) is 201 cm³/mol. The zero-order valence-electron chi connectivity index (χ0n) is 25.7. The van der Waals surface area contributed by atoms with Gasteiger partial charge in [-0.05, 0) is 83.3 Å². The first kappa shape index (κ1) is 31.5. The molecule has 6 rings (SSSR count). The molecular formula is C40H40S4. The highest BCUT2D eigenvalue weighted by molar-refractivity contribution is 8.30. The molecule has 2 heterocycles. The van der Waals surface area contributed by atoms with E-state index in [1.54, 1.807) is 0 Å². The molecule has 0 amide bonds. The molecule has 0 saturated heterocycles. The average Bonchev–Trinajstić information content (AvgIpc) is 3.68. The van der Waals surface area contributed by atoms with E-state index in [0.717, 1.165) is 0 Å². The summed E-state index contributed by atoms with van der Waals surface area (Å²) in [5.74, 6) is 0. The van der Waals surface area contributed by atoms with Gasteiger partial charge in [0.05, 0.1) is 8.47 Å². The molecule has 44 heavy (non-hydrogen) atoms. The van der Waals surface area contributed by atoms with Crippen molar-refractivity contribution in [1.82, 2.24) is 0 Å². The van der Waals surface area contributed by atoms with Crippen LogP contribution in [0.25, 0.3) is 24.3 Å². The van der Waals surface area contributed by atoms with Gasteiger partial charge in [-0.2, -0.15) is 0 Å². The number of fused-ring (bicyclic) bond motifs is 2. The number of hydrogen-bond acceptors (Lipinski definition) is 4. The molecular weight excluding hydrogens is 609 g/mol. The summed E-state index contributed by atoms with van der Waals surface area (Å²) < 4.78 is 2.81. The second-order valence-electron chi connectivity index (χ2n) is 11.5. The average molecular weight is 649 g/mol. The van der Waals surface area contributed by atoms with Crippen LogP contribution in [0.1, 0.15) is 85.8 Å². The van der Waals surface area contributed by atoms with Crippen LogP contribution < -0.4 is 0 Å². The lowest BCUT2D eigenvalue weighted by atomic mass is 10.0. The van der Waals surface area contributed by atoms with E-state index in [9.17, 15) is 0 Å². The largest absolute Gasteiger partial charge is 0.0798 e. The molecule has 0 spiro atoms. The van der Waals surface area contributed by atoms with Crippen LogP contribution in [0.5, 0.6) is 0 Å². The van der Waals surface area contributed by atoms with Crippen LogP contribution in [0.3, 0.4) is 0 Å². The Bertz CT molecular complexity index is 1530. The van der Waals surface area contributed by atoms with Crippen LogP contribution in [0.4, 0.5) is 0 Å². The summed E-state index contributed by atoms with van der Waals surface area (Å²) in [6, 6.07) is 31.9. The summed E-state index contributed by atoms with van der Waals surface area (Å²) in [7, 11) is 0. The van der Waals surface area contributed by atoms with Crippen LogP contribution in [0.2, 0.25) is 0 Å². The Labute approximate surface area is 281 Å². The molecule has 0 aliphatic carbocycles. The van der Waals surface area contributed by atoms with Crippen molar-refractivity contribution in [2.24, 2.45) is 0 Å². The molecule has 2 aliphatic rings. The molecule has 0 saturated carbocycles. The highest BCUT2D eigenvalue weighted by Gasteiger charge is 2.27. The zero-order chi connectivity index (χ0) is 30.1. The highest BCUT2D eigenvalue weighted by Crippen LogP contribution is 2.61. The van der Waals surface area contributed by atoms with Gasteiger partial charge in [0.2, 0.25) is 0 Å². The summed E-state index contributed by atoms with van der Waals surface area (Å²) in [4.78, 5) is 5.46. The number of rotatable bonds is 12. The first-order chi connectivity index (χ1) is 21.7. The van der Waals surface area contributed by atoms with Crippen molar-refractivity contribution in [3.05, 3.63) is 127 Å². The van der Waals surface area contributed by atoms with Crippen molar-refractivity contribution in [3.63, 3.8) is 0 Å². The van der Waals surface area contributed by atoms with E-state index in [-0.39, 0.29) is 0 Å². The van der Waals surface area contributed by atoms with Gasteiger partial charge >= 0.3 is 0 Å². The third-order valence-corrected chi connectivity index (χ3v) is 13.5. The summed E-state index contributed by atoms with van der Waals surface area (Å²) >= 11 is 7.68. The number of benzene rings is 4. The molecule has 4 aromatic carbocycles. The van der Waals surface area contributed by atoms with Crippen LogP contribution >= 0.6 is 47.0 Å². The zero-order valence-corrected chi connectivity index (χ0v) is 28.9. The van der Waals surface area contributed by atoms with Gasteiger partial charge < -0.3 is 0 Å². The highest BCUT2D eigenvalue weighted by atomic mass is 32.2. The van der Waals surface area contributed by atoms with Crippen molar-refractivity contribution in [2.45, 2.75) is 84.8 Å². The first-order valence-corrected chi connectivity index (χ1v) is 19.2.